The van der Waals surface area contributed by atoms with Crippen LogP contribution in [-0.4, -0.2) is 32.8 Å². The van der Waals surface area contributed by atoms with E-state index in [2.05, 4.69) is 9.97 Å². The van der Waals surface area contributed by atoms with Gasteiger partial charge in [-0.25, -0.2) is 9.78 Å². The molecule has 7 heteroatoms. The Kier molecular flexibility index (Phi) is 2.74. The number of hydrogen-bond acceptors (Lipinski definition) is 5. The quantitative estimate of drug-likeness (QED) is 0.730. The van der Waals surface area contributed by atoms with Crippen molar-refractivity contribution < 1.29 is 19.2 Å². The summed E-state index contributed by atoms with van der Waals surface area (Å²) in [7, 11) is 0. The van der Waals surface area contributed by atoms with Crippen LogP contribution in [0, 0.1) is 0 Å². The Morgan fingerprint density at radius 2 is 1.74 bits per heavy atom. The minimum atomic E-state index is -0.836. The van der Waals surface area contributed by atoms with Gasteiger partial charge in [0, 0.05) is 11.6 Å². The number of carbonyl (C=O) groups excluding carboxylic acids is 3. The minimum absolute atomic E-state index is 0.107. The molecule has 23 heavy (non-hydrogen) atoms. The number of amides is 2. The van der Waals surface area contributed by atoms with Gasteiger partial charge in [-0.05, 0) is 30.3 Å². The number of hydroxylamine groups is 2. The lowest BCUT2D eigenvalue weighted by atomic mass is 10.1. The first-order chi connectivity index (χ1) is 11.1. The van der Waals surface area contributed by atoms with Gasteiger partial charge < -0.3 is 9.82 Å². The van der Waals surface area contributed by atoms with E-state index >= 15 is 0 Å². The van der Waals surface area contributed by atoms with E-state index in [1.165, 1.54) is 12.1 Å². The van der Waals surface area contributed by atoms with Crippen molar-refractivity contribution in [2.45, 2.75) is 0 Å². The normalized spacial score (nSPS) is 13.5. The molecule has 0 fully saturated rings. The molecule has 0 radical (unpaired) electrons. The second-order valence-corrected chi connectivity index (χ2v) is 4.95. The molecule has 0 aliphatic carbocycles. The van der Waals surface area contributed by atoms with Gasteiger partial charge >= 0.3 is 5.97 Å². The highest BCUT2D eigenvalue weighted by molar-refractivity contribution is 6.21. The van der Waals surface area contributed by atoms with Crippen molar-refractivity contribution in [3.05, 3.63) is 65.5 Å². The van der Waals surface area contributed by atoms with Gasteiger partial charge in [-0.3, -0.25) is 9.59 Å². The highest BCUT2D eigenvalue weighted by Crippen LogP contribution is 2.23. The van der Waals surface area contributed by atoms with Gasteiger partial charge in [-0.1, -0.05) is 17.2 Å². The van der Waals surface area contributed by atoms with E-state index in [0.717, 1.165) is 5.39 Å². The highest BCUT2D eigenvalue weighted by atomic mass is 16.7. The van der Waals surface area contributed by atoms with Crippen LogP contribution in [0.1, 0.15) is 31.2 Å². The predicted octanol–water partition coefficient (Wildman–Crippen LogP) is 1.93. The molecule has 0 saturated carbocycles. The predicted molar refractivity (Wildman–Crippen MR) is 78.5 cm³/mol. The number of hydrogen-bond donors (Lipinski definition) is 1. The number of carbonyl (C=O) groups is 3. The fourth-order valence-corrected chi connectivity index (χ4v) is 2.45. The molecule has 7 nitrogen and oxygen atoms in total. The van der Waals surface area contributed by atoms with E-state index in [-0.39, 0.29) is 16.8 Å². The summed E-state index contributed by atoms with van der Waals surface area (Å²) in [6.45, 7) is 0. The minimum Gasteiger partial charge on any atom is -0.334 e. The number of nitrogens with zero attached hydrogens (tertiary/aromatic N) is 2. The van der Waals surface area contributed by atoms with Gasteiger partial charge in [0.2, 0.25) is 0 Å². The number of benzene rings is 1. The van der Waals surface area contributed by atoms with Gasteiger partial charge in [0.1, 0.15) is 11.3 Å². The van der Waals surface area contributed by atoms with E-state index in [9.17, 15) is 14.4 Å². The largest absolute Gasteiger partial charge is 0.380 e. The van der Waals surface area contributed by atoms with E-state index < -0.39 is 17.8 Å². The number of rotatable bonds is 2. The Balaban J connectivity index is 1.62. The zero-order valence-electron chi connectivity index (χ0n) is 11.6. The number of fused-ring (bicyclic) bond motifs is 2. The molecule has 0 bridgehead atoms. The van der Waals surface area contributed by atoms with Crippen LogP contribution in [-0.2, 0) is 4.84 Å². The molecule has 2 aromatic heterocycles. The van der Waals surface area contributed by atoms with Crippen LogP contribution in [0.15, 0.2) is 48.7 Å². The third kappa shape index (κ3) is 1.98. The summed E-state index contributed by atoms with van der Waals surface area (Å²) in [5.41, 5.74) is 1.05. The highest BCUT2D eigenvalue weighted by Gasteiger charge is 2.38. The average molecular weight is 307 g/mol. The van der Waals surface area contributed by atoms with E-state index in [4.69, 9.17) is 4.84 Å². The summed E-state index contributed by atoms with van der Waals surface area (Å²) < 4.78 is 0. The lowest BCUT2D eigenvalue weighted by Crippen LogP contribution is -2.32. The van der Waals surface area contributed by atoms with Gasteiger partial charge in [-0.2, -0.15) is 0 Å². The van der Waals surface area contributed by atoms with Crippen LogP contribution in [0.3, 0.4) is 0 Å². The van der Waals surface area contributed by atoms with Crippen molar-refractivity contribution in [2.24, 2.45) is 0 Å². The zero-order chi connectivity index (χ0) is 16.0. The van der Waals surface area contributed by atoms with Gasteiger partial charge in [0.15, 0.2) is 0 Å². The molecule has 1 aliphatic heterocycles. The maximum Gasteiger partial charge on any atom is 0.380 e. The molecule has 1 aliphatic rings. The fraction of sp³-hybridized carbons (Fsp3) is 0. The summed E-state index contributed by atoms with van der Waals surface area (Å²) in [4.78, 5) is 48.3. The lowest BCUT2D eigenvalue weighted by Gasteiger charge is -2.11. The van der Waals surface area contributed by atoms with Crippen LogP contribution in [0.2, 0.25) is 0 Å². The summed E-state index contributed by atoms with van der Waals surface area (Å²) in [5.74, 6) is -2.15. The van der Waals surface area contributed by atoms with Crippen molar-refractivity contribution in [3.63, 3.8) is 0 Å². The van der Waals surface area contributed by atoms with Crippen LogP contribution in [0.25, 0.3) is 11.0 Å². The monoisotopic (exact) mass is 307 g/mol. The Bertz CT molecular complexity index is 908. The summed E-state index contributed by atoms with van der Waals surface area (Å²) in [6, 6.07) is 11.3. The molecule has 0 saturated heterocycles. The second-order valence-electron chi connectivity index (χ2n) is 4.95. The number of aromatic amines is 1. The summed E-state index contributed by atoms with van der Waals surface area (Å²) in [6.07, 6.45) is 1.58. The van der Waals surface area contributed by atoms with Crippen molar-refractivity contribution in [3.8, 4) is 0 Å². The molecule has 112 valence electrons. The molecule has 0 unspecified atom stereocenters. The van der Waals surface area contributed by atoms with Gasteiger partial charge in [0.25, 0.3) is 11.8 Å². The number of H-pyrrole nitrogens is 1. The standard InChI is InChI=1S/C16H9N3O4/c20-14-10-5-1-2-6-11(10)15(21)19(14)23-16(22)12-8-9-4-3-7-17-13(9)18-12/h1-8H,(H,17,18). The maximum absolute atomic E-state index is 12.2. The first-order valence-electron chi connectivity index (χ1n) is 6.79. The molecule has 1 N–H and O–H groups in total. The summed E-state index contributed by atoms with van der Waals surface area (Å²) in [5, 5.41) is 1.20. The van der Waals surface area contributed by atoms with Crippen molar-refractivity contribution >= 4 is 28.8 Å². The molecule has 0 spiro atoms. The molecular weight excluding hydrogens is 298 g/mol. The molecule has 2 amide bonds. The zero-order valence-corrected chi connectivity index (χ0v) is 11.6. The van der Waals surface area contributed by atoms with E-state index in [1.54, 1.807) is 36.5 Å². The Hall–Kier alpha value is -3.48. The molecule has 1 aromatic carbocycles. The van der Waals surface area contributed by atoms with Crippen LogP contribution >= 0.6 is 0 Å². The Labute approximate surface area is 129 Å². The number of aromatic nitrogens is 2. The van der Waals surface area contributed by atoms with Crippen LogP contribution in [0.4, 0.5) is 0 Å². The average Bonchev–Trinajstić information content (AvgIpc) is 3.11. The smallest absolute Gasteiger partial charge is 0.334 e. The first-order valence-corrected chi connectivity index (χ1v) is 6.79. The second kappa shape index (κ2) is 4.77. The molecule has 0 atom stereocenters. The third-order valence-electron chi connectivity index (χ3n) is 3.54. The number of nitrogens with one attached hydrogen (secondary N) is 1. The first kappa shape index (κ1) is 13.2. The van der Waals surface area contributed by atoms with E-state index in [0.29, 0.717) is 10.7 Å². The molecule has 3 aromatic rings. The van der Waals surface area contributed by atoms with Crippen LogP contribution in [0.5, 0.6) is 0 Å². The van der Waals surface area contributed by atoms with Crippen molar-refractivity contribution in [2.75, 3.05) is 0 Å². The Morgan fingerprint density at radius 1 is 1.04 bits per heavy atom. The maximum atomic E-state index is 12.2. The lowest BCUT2D eigenvalue weighted by molar-refractivity contribution is -0.0587. The summed E-state index contributed by atoms with van der Waals surface area (Å²) >= 11 is 0. The van der Waals surface area contributed by atoms with Crippen LogP contribution < -0.4 is 0 Å². The number of imide groups is 1. The number of pyridine rings is 1. The topological polar surface area (TPSA) is 92.4 Å². The van der Waals surface area contributed by atoms with Crippen molar-refractivity contribution in [1.82, 2.24) is 15.0 Å². The fourth-order valence-electron chi connectivity index (χ4n) is 2.45. The van der Waals surface area contributed by atoms with Gasteiger partial charge in [0.05, 0.1) is 11.1 Å². The molecule has 4 rings (SSSR count). The molecular formula is C16H9N3O4. The third-order valence-corrected chi connectivity index (χ3v) is 3.54. The Morgan fingerprint density at radius 3 is 2.39 bits per heavy atom. The van der Waals surface area contributed by atoms with Gasteiger partial charge in [-0.15, -0.1) is 0 Å². The SMILES string of the molecule is O=C(ON1C(=O)c2ccccc2C1=O)c1cc2cccnc2[nH]1. The molecule has 3 heterocycles. The van der Waals surface area contributed by atoms with Crippen molar-refractivity contribution in [1.29, 1.82) is 0 Å². The van der Waals surface area contributed by atoms with E-state index in [1.807, 2.05) is 0 Å².